The molecule has 0 aliphatic rings. The molecule has 0 fully saturated rings. The summed E-state index contributed by atoms with van der Waals surface area (Å²) in [5.41, 5.74) is 3.18. The van der Waals surface area contributed by atoms with E-state index in [1.807, 2.05) is 5.38 Å². The van der Waals surface area contributed by atoms with Crippen LogP contribution in [0.3, 0.4) is 0 Å². The predicted molar refractivity (Wildman–Crippen MR) is 108 cm³/mol. The molecule has 7 heteroatoms. The van der Waals surface area contributed by atoms with Crippen molar-refractivity contribution in [3.63, 3.8) is 0 Å². The van der Waals surface area contributed by atoms with Gasteiger partial charge in [-0.15, -0.1) is 11.3 Å². The van der Waals surface area contributed by atoms with Gasteiger partial charge in [-0.1, -0.05) is 38.1 Å². The quantitative estimate of drug-likeness (QED) is 0.687. The summed E-state index contributed by atoms with van der Waals surface area (Å²) in [5.74, 6) is -0.531. The molecule has 146 valence electrons. The largest absolute Gasteiger partial charge is 0.480 e. The van der Waals surface area contributed by atoms with Crippen LogP contribution < -0.4 is 5.32 Å². The number of hydrogen-bond donors (Lipinski definition) is 2. The Bertz CT molecular complexity index is 771. The van der Waals surface area contributed by atoms with Crippen molar-refractivity contribution in [1.29, 1.82) is 0 Å². The number of nitrogens with zero attached hydrogens (tertiary/aromatic N) is 2. The van der Waals surface area contributed by atoms with Gasteiger partial charge in [0.25, 0.3) is 0 Å². The van der Waals surface area contributed by atoms with E-state index >= 15 is 0 Å². The molecular formula is C20H27N3O3S. The molecule has 0 aliphatic carbocycles. The minimum Gasteiger partial charge on any atom is -0.480 e. The first-order chi connectivity index (χ1) is 12.8. The van der Waals surface area contributed by atoms with Crippen LogP contribution in [0.4, 0.5) is 0 Å². The topological polar surface area (TPSA) is 82.5 Å². The van der Waals surface area contributed by atoms with Crippen LogP contribution in [-0.2, 0) is 16.1 Å². The Hall–Kier alpha value is -2.25. The van der Waals surface area contributed by atoms with Crippen molar-refractivity contribution < 1.29 is 14.7 Å². The molecule has 6 nitrogen and oxygen atoms in total. The molecule has 0 saturated carbocycles. The van der Waals surface area contributed by atoms with Crippen LogP contribution in [0.15, 0.2) is 29.6 Å². The van der Waals surface area contributed by atoms with Crippen LogP contribution in [-0.4, -0.2) is 46.0 Å². The lowest BCUT2D eigenvalue weighted by Gasteiger charge is -2.25. The summed E-state index contributed by atoms with van der Waals surface area (Å²) in [5, 5.41) is 14.9. The normalized spacial score (nSPS) is 12.4. The number of carboxylic acids is 1. The minimum absolute atomic E-state index is 0.126. The van der Waals surface area contributed by atoms with Crippen molar-refractivity contribution in [2.24, 2.45) is 0 Å². The lowest BCUT2D eigenvalue weighted by atomic mass is 10.0. The highest BCUT2D eigenvalue weighted by Crippen LogP contribution is 2.26. The smallest absolute Gasteiger partial charge is 0.320 e. The molecule has 1 unspecified atom stereocenters. The average Bonchev–Trinajstić information content (AvgIpc) is 3.08. The number of hydrogen-bond acceptors (Lipinski definition) is 5. The summed E-state index contributed by atoms with van der Waals surface area (Å²) >= 11 is 1.55. The van der Waals surface area contributed by atoms with E-state index in [4.69, 9.17) is 0 Å². The van der Waals surface area contributed by atoms with Crippen LogP contribution in [0.25, 0.3) is 10.6 Å². The molecule has 1 aromatic carbocycles. The molecule has 0 aliphatic heterocycles. The maximum absolute atomic E-state index is 11.4. The van der Waals surface area contributed by atoms with E-state index in [1.54, 1.807) is 23.2 Å². The zero-order chi connectivity index (χ0) is 20.0. The van der Waals surface area contributed by atoms with Crippen molar-refractivity contribution in [3.8, 4) is 10.6 Å². The summed E-state index contributed by atoms with van der Waals surface area (Å²) in [4.78, 5) is 28.9. The fraction of sp³-hybridized carbons (Fsp3) is 0.450. The summed E-state index contributed by atoms with van der Waals surface area (Å²) in [6.07, 6.45) is 0. The number of nitrogens with one attached hydrogen (secondary N) is 1. The highest BCUT2D eigenvalue weighted by molar-refractivity contribution is 7.13. The van der Waals surface area contributed by atoms with Gasteiger partial charge >= 0.3 is 5.97 Å². The zero-order valence-electron chi connectivity index (χ0n) is 16.2. The fourth-order valence-electron chi connectivity index (χ4n) is 2.67. The van der Waals surface area contributed by atoms with Crippen molar-refractivity contribution in [2.45, 2.75) is 46.2 Å². The first-order valence-corrected chi connectivity index (χ1v) is 9.92. The van der Waals surface area contributed by atoms with E-state index < -0.39 is 12.0 Å². The molecule has 0 radical (unpaired) electrons. The Morgan fingerprint density at radius 3 is 2.44 bits per heavy atom. The number of thiazole rings is 1. The third-order valence-corrected chi connectivity index (χ3v) is 5.36. The van der Waals surface area contributed by atoms with Crippen molar-refractivity contribution in [1.82, 2.24) is 15.2 Å². The number of amides is 1. The molecule has 0 saturated heterocycles. The van der Waals surface area contributed by atoms with Gasteiger partial charge in [-0.05, 0) is 18.4 Å². The van der Waals surface area contributed by atoms with E-state index in [1.165, 1.54) is 12.5 Å². The van der Waals surface area contributed by atoms with Crippen LogP contribution in [0.2, 0.25) is 0 Å². The lowest BCUT2D eigenvalue weighted by Crippen LogP contribution is -2.42. The van der Waals surface area contributed by atoms with Gasteiger partial charge in [0, 0.05) is 37.5 Å². The summed E-state index contributed by atoms with van der Waals surface area (Å²) < 4.78 is 0. The number of rotatable bonds is 9. The van der Waals surface area contributed by atoms with Crippen molar-refractivity contribution in [2.75, 3.05) is 13.1 Å². The third kappa shape index (κ3) is 6.15. The SMILES string of the molecule is CC(=O)NCCN(Cc1csc(-c2ccc(C(C)C)cc2)n1)C(C)C(=O)O. The molecule has 0 spiro atoms. The molecule has 27 heavy (non-hydrogen) atoms. The fourth-order valence-corrected chi connectivity index (χ4v) is 3.49. The maximum Gasteiger partial charge on any atom is 0.320 e. The maximum atomic E-state index is 11.4. The minimum atomic E-state index is -0.891. The third-order valence-electron chi connectivity index (χ3n) is 4.42. The van der Waals surface area contributed by atoms with E-state index in [0.717, 1.165) is 16.3 Å². The summed E-state index contributed by atoms with van der Waals surface area (Å²) in [7, 11) is 0. The van der Waals surface area contributed by atoms with Crippen molar-refractivity contribution in [3.05, 3.63) is 40.9 Å². The molecule has 1 heterocycles. The number of aliphatic carboxylic acids is 1. The van der Waals surface area contributed by atoms with Gasteiger partial charge in [0.05, 0.1) is 5.69 Å². The number of aromatic nitrogens is 1. The number of benzene rings is 1. The van der Waals surface area contributed by atoms with Crippen LogP contribution >= 0.6 is 11.3 Å². The first-order valence-electron chi connectivity index (χ1n) is 9.04. The molecule has 2 rings (SSSR count). The Morgan fingerprint density at radius 1 is 1.22 bits per heavy atom. The Balaban J connectivity index is 2.09. The Kier molecular flexibility index (Phi) is 7.50. The number of carbonyl (C=O) groups is 2. The number of carbonyl (C=O) groups excluding carboxylic acids is 1. The van der Waals surface area contributed by atoms with E-state index in [9.17, 15) is 14.7 Å². The predicted octanol–water partition coefficient (Wildman–Crippen LogP) is 3.34. The second-order valence-corrected chi connectivity index (χ2v) is 7.75. The summed E-state index contributed by atoms with van der Waals surface area (Å²) in [6.45, 7) is 8.69. The van der Waals surface area contributed by atoms with Gasteiger partial charge in [-0.25, -0.2) is 4.98 Å². The van der Waals surface area contributed by atoms with E-state index in [2.05, 4.69) is 48.4 Å². The average molecular weight is 390 g/mol. The van der Waals surface area contributed by atoms with Gasteiger partial charge in [-0.3, -0.25) is 14.5 Å². The number of carboxylic acid groups (broad SMARTS) is 1. The standard InChI is InChI=1S/C20H27N3O3S/c1-13(2)16-5-7-17(8-6-16)19-22-18(12-27-19)11-23(14(3)20(25)26)10-9-21-15(4)24/h5-8,12-14H,9-11H2,1-4H3,(H,21,24)(H,25,26). The molecule has 0 bridgehead atoms. The first kappa shape index (κ1) is 21.1. The molecule has 2 N–H and O–H groups in total. The second kappa shape index (κ2) is 9.62. The molecule has 1 amide bonds. The lowest BCUT2D eigenvalue weighted by molar-refractivity contribution is -0.142. The Labute approximate surface area is 164 Å². The summed E-state index contributed by atoms with van der Waals surface area (Å²) in [6, 6.07) is 7.73. The van der Waals surface area contributed by atoms with Crippen LogP contribution in [0, 0.1) is 0 Å². The van der Waals surface area contributed by atoms with Crippen LogP contribution in [0.1, 0.15) is 44.9 Å². The molecular weight excluding hydrogens is 362 g/mol. The molecule has 1 atom stereocenters. The highest BCUT2D eigenvalue weighted by Gasteiger charge is 2.21. The van der Waals surface area contributed by atoms with Gasteiger partial charge < -0.3 is 10.4 Å². The highest BCUT2D eigenvalue weighted by atomic mass is 32.1. The molecule has 1 aromatic heterocycles. The van der Waals surface area contributed by atoms with Gasteiger partial charge in [0.2, 0.25) is 5.91 Å². The molecule has 2 aromatic rings. The van der Waals surface area contributed by atoms with Gasteiger partial charge in [0.1, 0.15) is 11.0 Å². The zero-order valence-corrected chi connectivity index (χ0v) is 17.0. The van der Waals surface area contributed by atoms with Crippen molar-refractivity contribution >= 4 is 23.2 Å². The second-order valence-electron chi connectivity index (χ2n) is 6.89. The van der Waals surface area contributed by atoms with E-state index in [0.29, 0.717) is 25.6 Å². The Morgan fingerprint density at radius 2 is 1.89 bits per heavy atom. The van der Waals surface area contributed by atoms with Gasteiger partial charge in [0.15, 0.2) is 0 Å². The van der Waals surface area contributed by atoms with E-state index in [-0.39, 0.29) is 5.91 Å². The van der Waals surface area contributed by atoms with Crippen LogP contribution in [0.5, 0.6) is 0 Å². The van der Waals surface area contributed by atoms with Gasteiger partial charge in [-0.2, -0.15) is 0 Å². The monoisotopic (exact) mass is 389 g/mol.